The molecule has 0 spiro atoms. The Balaban J connectivity index is 2.09. The van der Waals surface area contributed by atoms with Crippen LogP contribution in [0.3, 0.4) is 0 Å². The van der Waals surface area contributed by atoms with Crippen LogP contribution in [-0.2, 0) is 6.54 Å². The number of anilines is 2. The molecule has 2 aromatic rings. The highest BCUT2D eigenvalue weighted by molar-refractivity contribution is 5.68. The Morgan fingerprint density at radius 1 is 1.50 bits per heavy atom. The van der Waals surface area contributed by atoms with Crippen LogP contribution in [0.4, 0.5) is 15.8 Å². The molecule has 0 aliphatic carbocycles. The minimum Gasteiger partial charge on any atom is -0.491 e. The number of nitrogens with zero attached hydrogens (tertiary/aromatic N) is 2. The Kier molecular flexibility index (Phi) is 4.45. The van der Waals surface area contributed by atoms with E-state index in [0.29, 0.717) is 18.0 Å². The van der Waals surface area contributed by atoms with Gasteiger partial charge in [0.2, 0.25) is 0 Å². The van der Waals surface area contributed by atoms with Crippen molar-refractivity contribution in [3.05, 3.63) is 36.7 Å². The predicted octanol–water partition coefficient (Wildman–Crippen LogP) is 2.50. The summed E-state index contributed by atoms with van der Waals surface area (Å²) in [7, 11) is 0. The number of rotatable bonds is 6. The summed E-state index contributed by atoms with van der Waals surface area (Å²) in [5, 5.41) is 3.25. The minimum absolute atomic E-state index is 0.117. The number of halogens is 1. The van der Waals surface area contributed by atoms with Crippen molar-refractivity contribution in [2.75, 3.05) is 17.7 Å². The largest absolute Gasteiger partial charge is 0.491 e. The van der Waals surface area contributed by atoms with Gasteiger partial charge in [-0.1, -0.05) is 0 Å². The fourth-order valence-electron chi connectivity index (χ4n) is 1.98. The van der Waals surface area contributed by atoms with Crippen molar-refractivity contribution < 1.29 is 9.13 Å². The Morgan fingerprint density at radius 2 is 2.30 bits per heavy atom. The number of hydrogen-bond donors (Lipinski definition) is 2. The van der Waals surface area contributed by atoms with Crippen LogP contribution in [0.5, 0.6) is 5.75 Å². The average Bonchev–Trinajstić information content (AvgIpc) is 2.88. The van der Waals surface area contributed by atoms with Crippen LogP contribution in [0.25, 0.3) is 0 Å². The molecule has 0 aliphatic rings. The van der Waals surface area contributed by atoms with Crippen molar-refractivity contribution >= 4 is 11.4 Å². The molecule has 0 saturated carbocycles. The number of nitrogen functional groups attached to an aromatic ring is 1. The molecule has 6 heteroatoms. The molecule has 5 nitrogen and oxygen atoms in total. The van der Waals surface area contributed by atoms with E-state index in [1.54, 1.807) is 18.6 Å². The van der Waals surface area contributed by atoms with Crippen molar-refractivity contribution in [2.45, 2.75) is 26.4 Å². The van der Waals surface area contributed by atoms with Crippen molar-refractivity contribution in [2.24, 2.45) is 0 Å². The summed E-state index contributed by atoms with van der Waals surface area (Å²) in [6, 6.07) is 2.99. The van der Waals surface area contributed by atoms with Gasteiger partial charge in [-0.25, -0.2) is 9.37 Å². The van der Waals surface area contributed by atoms with E-state index < -0.39 is 5.82 Å². The zero-order valence-corrected chi connectivity index (χ0v) is 11.6. The van der Waals surface area contributed by atoms with Gasteiger partial charge in [0, 0.05) is 37.1 Å². The SMILES string of the molecule is CCOc1cc(NC(C)Cn2ccnc2)c(N)cc1F. The lowest BCUT2D eigenvalue weighted by Crippen LogP contribution is -2.22. The van der Waals surface area contributed by atoms with Gasteiger partial charge in [0.15, 0.2) is 11.6 Å². The van der Waals surface area contributed by atoms with E-state index in [2.05, 4.69) is 10.3 Å². The van der Waals surface area contributed by atoms with E-state index in [-0.39, 0.29) is 11.8 Å². The maximum Gasteiger partial charge on any atom is 0.167 e. The first-order valence-electron chi connectivity index (χ1n) is 6.54. The first kappa shape index (κ1) is 14.2. The monoisotopic (exact) mass is 278 g/mol. The topological polar surface area (TPSA) is 65.1 Å². The predicted molar refractivity (Wildman–Crippen MR) is 77.3 cm³/mol. The van der Waals surface area contributed by atoms with Crippen molar-refractivity contribution in [3.63, 3.8) is 0 Å². The number of imidazole rings is 1. The molecule has 0 saturated heterocycles. The van der Waals surface area contributed by atoms with E-state index in [4.69, 9.17) is 10.5 Å². The lowest BCUT2D eigenvalue weighted by Gasteiger charge is -2.18. The molecule has 0 amide bonds. The third-order valence-electron chi connectivity index (χ3n) is 2.85. The number of aromatic nitrogens is 2. The number of nitrogens with two attached hydrogens (primary N) is 1. The van der Waals surface area contributed by atoms with Gasteiger partial charge in [0.25, 0.3) is 0 Å². The van der Waals surface area contributed by atoms with Gasteiger partial charge >= 0.3 is 0 Å². The fourth-order valence-corrected chi connectivity index (χ4v) is 1.98. The number of nitrogens with one attached hydrogen (secondary N) is 1. The van der Waals surface area contributed by atoms with E-state index in [9.17, 15) is 4.39 Å². The second-order valence-corrected chi connectivity index (χ2v) is 4.61. The number of benzene rings is 1. The summed E-state index contributed by atoms with van der Waals surface area (Å²) in [6.07, 6.45) is 5.36. The summed E-state index contributed by atoms with van der Waals surface area (Å²) in [5.74, 6) is -0.240. The Hall–Kier alpha value is -2.24. The van der Waals surface area contributed by atoms with Crippen LogP contribution in [0, 0.1) is 5.82 Å². The molecule has 2 rings (SSSR count). The number of ether oxygens (including phenoxy) is 1. The first-order chi connectivity index (χ1) is 9.60. The fraction of sp³-hybridized carbons (Fsp3) is 0.357. The van der Waals surface area contributed by atoms with Gasteiger partial charge < -0.3 is 20.4 Å². The quantitative estimate of drug-likeness (QED) is 0.797. The molecule has 1 atom stereocenters. The summed E-state index contributed by atoms with van der Waals surface area (Å²) in [5.41, 5.74) is 6.86. The number of hydrogen-bond acceptors (Lipinski definition) is 4. The lowest BCUT2D eigenvalue weighted by molar-refractivity contribution is 0.322. The second-order valence-electron chi connectivity index (χ2n) is 4.61. The van der Waals surface area contributed by atoms with Crippen LogP contribution < -0.4 is 15.8 Å². The van der Waals surface area contributed by atoms with Crippen LogP contribution >= 0.6 is 0 Å². The molecule has 1 aromatic carbocycles. The lowest BCUT2D eigenvalue weighted by atomic mass is 10.2. The van der Waals surface area contributed by atoms with Gasteiger partial charge in [0.05, 0.1) is 24.3 Å². The highest BCUT2D eigenvalue weighted by Gasteiger charge is 2.11. The van der Waals surface area contributed by atoms with Gasteiger partial charge in [0.1, 0.15) is 0 Å². The van der Waals surface area contributed by atoms with E-state index in [1.807, 2.05) is 24.6 Å². The van der Waals surface area contributed by atoms with Crippen molar-refractivity contribution in [1.82, 2.24) is 9.55 Å². The summed E-state index contributed by atoms with van der Waals surface area (Å²) in [6.45, 7) is 4.97. The molecule has 3 N–H and O–H groups in total. The van der Waals surface area contributed by atoms with Gasteiger partial charge in [-0.2, -0.15) is 0 Å². The molecular formula is C14H19FN4O. The Bertz CT molecular complexity index is 557. The molecule has 0 fully saturated rings. The summed E-state index contributed by atoms with van der Waals surface area (Å²) in [4.78, 5) is 3.99. The van der Waals surface area contributed by atoms with Crippen molar-refractivity contribution in [3.8, 4) is 5.75 Å². The summed E-state index contributed by atoms with van der Waals surface area (Å²) < 4.78 is 20.8. The second kappa shape index (κ2) is 6.27. The molecule has 1 unspecified atom stereocenters. The highest BCUT2D eigenvalue weighted by atomic mass is 19.1. The Labute approximate surface area is 117 Å². The zero-order valence-electron chi connectivity index (χ0n) is 11.6. The first-order valence-corrected chi connectivity index (χ1v) is 6.54. The van der Waals surface area contributed by atoms with Crippen LogP contribution in [0.1, 0.15) is 13.8 Å². The minimum atomic E-state index is -0.447. The molecular weight excluding hydrogens is 259 g/mol. The zero-order chi connectivity index (χ0) is 14.5. The molecule has 1 aromatic heterocycles. The van der Waals surface area contributed by atoms with Crippen LogP contribution in [0.15, 0.2) is 30.9 Å². The third-order valence-corrected chi connectivity index (χ3v) is 2.85. The van der Waals surface area contributed by atoms with Gasteiger partial charge in [-0.05, 0) is 13.8 Å². The third kappa shape index (κ3) is 3.40. The molecule has 20 heavy (non-hydrogen) atoms. The van der Waals surface area contributed by atoms with Crippen LogP contribution in [-0.4, -0.2) is 22.2 Å². The van der Waals surface area contributed by atoms with E-state index in [0.717, 1.165) is 6.54 Å². The molecule has 1 heterocycles. The van der Waals surface area contributed by atoms with Crippen molar-refractivity contribution in [1.29, 1.82) is 0 Å². The molecule has 0 bridgehead atoms. The summed E-state index contributed by atoms with van der Waals surface area (Å²) >= 11 is 0. The smallest absolute Gasteiger partial charge is 0.167 e. The van der Waals surface area contributed by atoms with E-state index >= 15 is 0 Å². The molecule has 0 radical (unpaired) electrons. The maximum atomic E-state index is 13.6. The van der Waals surface area contributed by atoms with Gasteiger partial charge in [-0.15, -0.1) is 0 Å². The average molecular weight is 278 g/mol. The normalized spacial score (nSPS) is 12.2. The molecule has 0 aliphatic heterocycles. The van der Waals surface area contributed by atoms with Crippen LogP contribution in [0.2, 0.25) is 0 Å². The maximum absolute atomic E-state index is 13.6. The molecule has 108 valence electrons. The Morgan fingerprint density at radius 3 is 2.95 bits per heavy atom. The van der Waals surface area contributed by atoms with E-state index in [1.165, 1.54) is 6.07 Å². The standard InChI is InChI=1S/C14H19FN4O/c1-3-20-14-7-13(12(16)6-11(14)15)18-10(2)8-19-5-4-17-9-19/h4-7,9-10,18H,3,8,16H2,1-2H3. The van der Waals surface area contributed by atoms with Gasteiger partial charge in [-0.3, -0.25) is 0 Å². The highest BCUT2D eigenvalue weighted by Crippen LogP contribution is 2.28.